The van der Waals surface area contributed by atoms with Gasteiger partial charge in [-0.15, -0.1) is 0 Å². The molecule has 0 aliphatic heterocycles. The van der Waals surface area contributed by atoms with Crippen molar-refractivity contribution in [2.24, 2.45) is 5.73 Å². The van der Waals surface area contributed by atoms with Gasteiger partial charge in [0.2, 0.25) is 0 Å². The number of esters is 1. The minimum atomic E-state index is -1.24. The van der Waals surface area contributed by atoms with Gasteiger partial charge in [0.1, 0.15) is 6.61 Å². The van der Waals surface area contributed by atoms with Crippen LogP contribution in [0.1, 0.15) is 17.5 Å². The molecule has 3 N–H and O–H groups in total. The van der Waals surface area contributed by atoms with E-state index in [1.807, 2.05) is 78.9 Å². The average molecular weight is 410 g/mol. The van der Waals surface area contributed by atoms with E-state index in [1.165, 1.54) is 0 Å². The quantitative estimate of drug-likeness (QED) is 0.542. The molecule has 4 nitrogen and oxygen atoms in total. The Morgan fingerprint density at radius 1 is 0.931 bits per heavy atom. The predicted molar refractivity (Wildman–Crippen MR) is 115 cm³/mol. The standard InChI is InChI=1S/C24H24ClNO3/c25-21-8-4-7-20(14-21)19-11-9-17(10-12-19)13-22(26)15-23(27)24(28)29-16-18-5-2-1-3-6-18/h1-12,14,22-23,27H,13,15-16,26H2. The molecule has 0 aliphatic carbocycles. The lowest BCUT2D eigenvalue weighted by molar-refractivity contribution is -0.155. The Bertz CT molecular complexity index is 928. The fourth-order valence-electron chi connectivity index (χ4n) is 3.10. The first-order valence-corrected chi connectivity index (χ1v) is 9.88. The van der Waals surface area contributed by atoms with Gasteiger partial charge in [-0.1, -0.05) is 78.3 Å². The zero-order chi connectivity index (χ0) is 20.6. The van der Waals surface area contributed by atoms with Gasteiger partial charge in [0.15, 0.2) is 6.10 Å². The van der Waals surface area contributed by atoms with Crippen LogP contribution in [-0.2, 0) is 22.6 Å². The van der Waals surface area contributed by atoms with Crippen molar-refractivity contribution in [2.75, 3.05) is 0 Å². The first-order valence-electron chi connectivity index (χ1n) is 9.50. The first-order chi connectivity index (χ1) is 14.0. The summed E-state index contributed by atoms with van der Waals surface area (Å²) >= 11 is 6.05. The molecule has 0 fully saturated rings. The van der Waals surface area contributed by atoms with Gasteiger partial charge < -0.3 is 15.6 Å². The summed E-state index contributed by atoms with van der Waals surface area (Å²) in [4.78, 5) is 12.0. The third kappa shape index (κ3) is 6.43. The number of carbonyl (C=O) groups is 1. The number of carbonyl (C=O) groups excluding carboxylic acids is 1. The van der Waals surface area contributed by atoms with Crippen LogP contribution < -0.4 is 5.73 Å². The maximum absolute atomic E-state index is 12.0. The minimum absolute atomic E-state index is 0.136. The smallest absolute Gasteiger partial charge is 0.335 e. The lowest BCUT2D eigenvalue weighted by Gasteiger charge is -2.16. The highest BCUT2D eigenvalue weighted by molar-refractivity contribution is 6.30. The normalized spacial score (nSPS) is 12.9. The van der Waals surface area contributed by atoms with Crippen LogP contribution in [0.15, 0.2) is 78.9 Å². The topological polar surface area (TPSA) is 72.5 Å². The zero-order valence-corrected chi connectivity index (χ0v) is 16.8. The molecule has 0 amide bonds. The maximum atomic E-state index is 12.0. The SMILES string of the molecule is NC(Cc1ccc(-c2cccc(Cl)c2)cc1)CC(O)C(=O)OCc1ccccc1. The number of aliphatic hydroxyl groups excluding tert-OH is 1. The van der Waals surface area contributed by atoms with Crippen molar-refractivity contribution in [3.05, 3.63) is 95.0 Å². The molecule has 0 radical (unpaired) electrons. The summed E-state index contributed by atoms with van der Waals surface area (Å²) in [7, 11) is 0. The third-order valence-electron chi connectivity index (χ3n) is 4.63. The third-order valence-corrected chi connectivity index (χ3v) is 4.87. The van der Waals surface area contributed by atoms with Crippen LogP contribution in [0.3, 0.4) is 0 Å². The Labute approximate surface area is 175 Å². The molecule has 0 aliphatic rings. The molecule has 150 valence electrons. The molecule has 3 aromatic carbocycles. The molecule has 0 heterocycles. The van der Waals surface area contributed by atoms with E-state index < -0.39 is 12.1 Å². The second kappa shape index (κ2) is 10.2. The highest BCUT2D eigenvalue weighted by Gasteiger charge is 2.20. The molecule has 5 heteroatoms. The number of halogens is 1. The molecule has 0 saturated carbocycles. The van der Waals surface area contributed by atoms with Gasteiger partial charge in [-0.3, -0.25) is 0 Å². The predicted octanol–water partition coefficient (Wildman–Crippen LogP) is 4.37. The van der Waals surface area contributed by atoms with E-state index >= 15 is 0 Å². The van der Waals surface area contributed by atoms with Crippen molar-refractivity contribution in [1.29, 1.82) is 0 Å². The number of hydrogen-bond donors (Lipinski definition) is 2. The molecule has 0 spiro atoms. The summed E-state index contributed by atoms with van der Waals surface area (Å²) in [5.41, 5.74) is 10.2. The Morgan fingerprint density at radius 2 is 1.66 bits per heavy atom. The van der Waals surface area contributed by atoms with Crippen LogP contribution in [0.25, 0.3) is 11.1 Å². The monoisotopic (exact) mass is 409 g/mol. The van der Waals surface area contributed by atoms with Crippen LogP contribution in [0.5, 0.6) is 0 Å². The Morgan fingerprint density at radius 3 is 2.34 bits per heavy atom. The van der Waals surface area contributed by atoms with E-state index in [9.17, 15) is 9.90 Å². The Kier molecular flexibility index (Phi) is 7.42. The molecular formula is C24H24ClNO3. The van der Waals surface area contributed by atoms with Gasteiger partial charge in [0.25, 0.3) is 0 Å². The summed E-state index contributed by atoms with van der Waals surface area (Å²) in [5, 5.41) is 10.8. The average Bonchev–Trinajstić information content (AvgIpc) is 2.73. The highest BCUT2D eigenvalue weighted by Crippen LogP contribution is 2.23. The minimum Gasteiger partial charge on any atom is -0.459 e. The Hall–Kier alpha value is -2.66. The van der Waals surface area contributed by atoms with E-state index in [1.54, 1.807) is 0 Å². The van der Waals surface area contributed by atoms with Gasteiger partial charge in [-0.2, -0.15) is 0 Å². The van der Waals surface area contributed by atoms with Gasteiger partial charge in [0.05, 0.1) is 0 Å². The largest absolute Gasteiger partial charge is 0.459 e. The van der Waals surface area contributed by atoms with Crippen molar-refractivity contribution >= 4 is 17.6 Å². The number of nitrogens with two attached hydrogens (primary N) is 1. The summed E-state index contributed by atoms with van der Waals surface area (Å²) in [6, 6.07) is 24.7. The fourth-order valence-corrected chi connectivity index (χ4v) is 3.29. The van der Waals surface area contributed by atoms with E-state index in [4.69, 9.17) is 22.1 Å². The van der Waals surface area contributed by atoms with Crippen molar-refractivity contribution < 1.29 is 14.6 Å². The fraction of sp³-hybridized carbons (Fsp3) is 0.208. The lowest BCUT2D eigenvalue weighted by Crippen LogP contribution is -2.33. The van der Waals surface area contributed by atoms with Crippen LogP contribution in [0.2, 0.25) is 5.02 Å². The van der Waals surface area contributed by atoms with Crippen LogP contribution in [0.4, 0.5) is 0 Å². The van der Waals surface area contributed by atoms with E-state index in [0.29, 0.717) is 11.4 Å². The van der Waals surface area contributed by atoms with E-state index in [2.05, 4.69) is 0 Å². The maximum Gasteiger partial charge on any atom is 0.335 e. The Balaban J connectivity index is 1.49. The van der Waals surface area contributed by atoms with E-state index in [-0.39, 0.29) is 19.1 Å². The van der Waals surface area contributed by atoms with Crippen LogP contribution in [0, 0.1) is 0 Å². The molecule has 3 aromatic rings. The summed E-state index contributed by atoms with van der Waals surface area (Å²) in [6.07, 6.45) is -0.540. The summed E-state index contributed by atoms with van der Waals surface area (Å²) in [6.45, 7) is 0.136. The van der Waals surface area contributed by atoms with Gasteiger partial charge in [-0.25, -0.2) is 4.79 Å². The van der Waals surface area contributed by atoms with Gasteiger partial charge in [0, 0.05) is 11.1 Å². The van der Waals surface area contributed by atoms with Crippen molar-refractivity contribution in [3.8, 4) is 11.1 Å². The number of aliphatic hydroxyl groups is 1. The first kappa shape index (κ1) is 21.1. The number of rotatable bonds is 8. The molecular weight excluding hydrogens is 386 g/mol. The van der Waals surface area contributed by atoms with Crippen molar-refractivity contribution in [2.45, 2.75) is 31.6 Å². The lowest BCUT2D eigenvalue weighted by atomic mass is 9.98. The number of benzene rings is 3. The highest BCUT2D eigenvalue weighted by atomic mass is 35.5. The second-order valence-electron chi connectivity index (χ2n) is 7.02. The molecule has 3 rings (SSSR count). The van der Waals surface area contributed by atoms with Crippen molar-refractivity contribution in [1.82, 2.24) is 0 Å². The van der Waals surface area contributed by atoms with Gasteiger partial charge in [-0.05, 0) is 47.2 Å². The second-order valence-corrected chi connectivity index (χ2v) is 7.45. The van der Waals surface area contributed by atoms with Gasteiger partial charge >= 0.3 is 5.97 Å². The molecule has 29 heavy (non-hydrogen) atoms. The molecule has 0 bridgehead atoms. The molecule has 2 atom stereocenters. The summed E-state index contributed by atoms with van der Waals surface area (Å²) < 4.78 is 5.16. The number of hydrogen-bond acceptors (Lipinski definition) is 4. The van der Waals surface area contributed by atoms with Crippen LogP contribution in [-0.4, -0.2) is 23.2 Å². The number of ether oxygens (including phenoxy) is 1. The zero-order valence-electron chi connectivity index (χ0n) is 16.0. The van der Waals surface area contributed by atoms with E-state index in [0.717, 1.165) is 22.3 Å². The molecule has 0 aromatic heterocycles. The summed E-state index contributed by atoms with van der Waals surface area (Å²) in [5.74, 6) is -0.652. The molecule has 0 saturated heterocycles. The molecule has 2 unspecified atom stereocenters. The van der Waals surface area contributed by atoms with Crippen LogP contribution >= 0.6 is 11.6 Å². The van der Waals surface area contributed by atoms with Crippen molar-refractivity contribution in [3.63, 3.8) is 0 Å².